The van der Waals surface area contributed by atoms with E-state index in [-0.39, 0.29) is 5.56 Å². The molecule has 0 amide bonds. The largest absolute Gasteiger partial charge is 0.327 e. The molecule has 1 rings (SSSR count). The number of hydrogen-bond acceptors (Lipinski definition) is 2. The molecule has 1 unspecified atom stereocenters. The molecule has 1 aromatic carbocycles. The first kappa shape index (κ1) is 11.3. The van der Waals surface area contributed by atoms with E-state index in [9.17, 15) is 8.96 Å². The second kappa shape index (κ2) is 4.19. The minimum Gasteiger partial charge on any atom is -0.324 e. The third-order valence-electron chi connectivity index (χ3n) is 1.74. The van der Waals surface area contributed by atoms with Crippen LogP contribution in [-0.2, 0) is 4.57 Å². The van der Waals surface area contributed by atoms with E-state index in [0.717, 1.165) is 0 Å². The van der Waals surface area contributed by atoms with Crippen LogP contribution in [-0.4, -0.2) is 15.9 Å². The van der Waals surface area contributed by atoms with Gasteiger partial charge in [0.1, 0.15) is 5.82 Å². The maximum absolute atomic E-state index is 13.1. The van der Waals surface area contributed by atoms with Crippen molar-refractivity contribution in [2.75, 3.05) is 6.16 Å². The SMILES string of the molecule is NC(CP(=O)(O)O)c1ccccc1F. The van der Waals surface area contributed by atoms with E-state index < -0.39 is 25.6 Å². The van der Waals surface area contributed by atoms with Gasteiger partial charge in [-0.05, 0) is 6.07 Å². The Morgan fingerprint density at radius 1 is 1.43 bits per heavy atom. The molecule has 0 saturated heterocycles. The van der Waals surface area contributed by atoms with Gasteiger partial charge in [-0.3, -0.25) is 4.57 Å². The number of benzene rings is 1. The Labute approximate surface area is 80.7 Å². The van der Waals surface area contributed by atoms with Gasteiger partial charge in [0.25, 0.3) is 0 Å². The molecule has 0 radical (unpaired) electrons. The summed E-state index contributed by atoms with van der Waals surface area (Å²) in [5.41, 5.74) is 5.57. The number of hydrogen-bond donors (Lipinski definition) is 3. The van der Waals surface area contributed by atoms with Gasteiger partial charge in [0, 0.05) is 11.6 Å². The van der Waals surface area contributed by atoms with E-state index in [4.69, 9.17) is 15.5 Å². The van der Waals surface area contributed by atoms with Crippen LogP contribution in [0.3, 0.4) is 0 Å². The number of rotatable bonds is 3. The van der Waals surface area contributed by atoms with Gasteiger partial charge in [-0.1, -0.05) is 18.2 Å². The summed E-state index contributed by atoms with van der Waals surface area (Å²) < 4.78 is 23.7. The van der Waals surface area contributed by atoms with E-state index in [1.807, 2.05) is 0 Å². The zero-order valence-corrected chi connectivity index (χ0v) is 8.19. The molecule has 0 aromatic heterocycles. The maximum Gasteiger partial charge on any atom is 0.327 e. The second-order valence-electron chi connectivity index (χ2n) is 2.98. The summed E-state index contributed by atoms with van der Waals surface area (Å²) in [4.78, 5) is 17.3. The quantitative estimate of drug-likeness (QED) is 0.662. The molecule has 1 aromatic rings. The molecule has 6 heteroatoms. The lowest BCUT2D eigenvalue weighted by atomic mass is 10.1. The summed E-state index contributed by atoms with van der Waals surface area (Å²) in [5, 5.41) is 0. The molecule has 0 aliphatic heterocycles. The first-order valence-electron chi connectivity index (χ1n) is 3.95. The number of halogens is 1. The van der Waals surface area contributed by atoms with E-state index in [0.29, 0.717) is 0 Å². The van der Waals surface area contributed by atoms with Gasteiger partial charge in [-0.25, -0.2) is 4.39 Å². The Hall–Kier alpha value is -0.740. The highest BCUT2D eigenvalue weighted by molar-refractivity contribution is 7.51. The van der Waals surface area contributed by atoms with Crippen LogP contribution >= 0.6 is 7.60 Å². The predicted octanol–water partition coefficient (Wildman–Crippen LogP) is 1.00. The predicted molar refractivity (Wildman–Crippen MR) is 50.2 cm³/mol. The van der Waals surface area contributed by atoms with Crippen LogP contribution in [0, 0.1) is 5.82 Å². The molecular formula is C8H11FNO3P. The Bertz CT molecular complexity index is 365. The second-order valence-corrected chi connectivity index (χ2v) is 4.67. The molecule has 0 saturated carbocycles. The third-order valence-corrected chi connectivity index (χ3v) is 2.61. The average molecular weight is 219 g/mol. The molecule has 0 heterocycles. The Morgan fingerprint density at radius 2 is 2.00 bits per heavy atom. The molecule has 0 aliphatic rings. The molecule has 14 heavy (non-hydrogen) atoms. The van der Waals surface area contributed by atoms with Crippen molar-refractivity contribution in [2.45, 2.75) is 6.04 Å². The maximum atomic E-state index is 13.1. The summed E-state index contributed by atoms with van der Waals surface area (Å²) in [6.07, 6.45) is -0.548. The van der Waals surface area contributed by atoms with Crippen LogP contribution in [0.2, 0.25) is 0 Å². The molecule has 1 atom stereocenters. The molecule has 0 spiro atoms. The minimum absolute atomic E-state index is 0.121. The number of nitrogens with two attached hydrogens (primary N) is 1. The van der Waals surface area contributed by atoms with Crippen LogP contribution in [0.15, 0.2) is 24.3 Å². The summed E-state index contributed by atoms with van der Waals surface area (Å²) in [6, 6.07) is 4.70. The first-order chi connectivity index (χ1) is 6.40. The highest BCUT2D eigenvalue weighted by Crippen LogP contribution is 2.38. The molecule has 4 N–H and O–H groups in total. The lowest BCUT2D eigenvalue weighted by Crippen LogP contribution is -2.16. The summed E-state index contributed by atoms with van der Waals surface area (Å²) in [5.74, 6) is -0.548. The van der Waals surface area contributed by atoms with Crippen molar-refractivity contribution in [3.8, 4) is 0 Å². The lowest BCUT2D eigenvalue weighted by molar-refractivity contribution is 0.368. The van der Waals surface area contributed by atoms with Gasteiger partial charge in [0.05, 0.1) is 6.16 Å². The summed E-state index contributed by atoms with van der Waals surface area (Å²) in [6.45, 7) is 0. The van der Waals surface area contributed by atoms with Gasteiger partial charge in [0.15, 0.2) is 0 Å². The molecule has 0 aliphatic carbocycles. The zero-order chi connectivity index (χ0) is 10.8. The van der Waals surface area contributed by atoms with Gasteiger partial charge >= 0.3 is 7.60 Å². The standard InChI is InChI=1S/C8H11FNO3P/c9-7-4-2-1-3-6(7)8(10)5-14(11,12)13/h1-4,8H,5,10H2,(H2,11,12,13). The third kappa shape index (κ3) is 3.20. The van der Waals surface area contributed by atoms with E-state index in [2.05, 4.69) is 0 Å². The Kier molecular flexibility index (Phi) is 3.39. The van der Waals surface area contributed by atoms with E-state index in [1.165, 1.54) is 18.2 Å². The molecule has 4 nitrogen and oxygen atoms in total. The van der Waals surface area contributed by atoms with Crippen LogP contribution in [0.4, 0.5) is 4.39 Å². The lowest BCUT2D eigenvalue weighted by Gasteiger charge is -2.13. The zero-order valence-electron chi connectivity index (χ0n) is 7.30. The molecule has 0 bridgehead atoms. The fraction of sp³-hybridized carbons (Fsp3) is 0.250. The van der Waals surface area contributed by atoms with E-state index in [1.54, 1.807) is 6.07 Å². The monoisotopic (exact) mass is 219 g/mol. The van der Waals surface area contributed by atoms with Crippen molar-refractivity contribution in [1.82, 2.24) is 0 Å². The van der Waals surface area contributed by atoms with Crippen molar-refractivity contribution < 1.29 is 18.7 Å². The van der Waals surface area contributed by atoms with Gasteiger partial charge < -0.3 is 15.5 Å². The van der Waals surface area contributed by atoms with Crippen LogP contribution < -0.4 is 5.73 Å². The fourth-order valence-electron chi connectivity index (χ4n) is 1.13. The average Bonchev–Trinajstić information content (AvgIpc) is 2.01. The van der Waals surface area contributed by atoms with Crippen LogP contribution in [0.25, 0.3) is 0 Å². The minimum atomic E-state index is -4.20. The van der Waals surface area contributed by atoms with Gasteiger partial charge in [-0.15, -0.1) is 0 Å². The van der Waals surface area contributed by atoms with E-state index >= 15 is 0 Å². The Morgan fingerprint density at radius 3 is 2.50 bits per heavy atom. The van der Waals surface area contributed by atoms with Gasteiger partial charge in [0.2, 0.25) is 0 Å². The first-order valence-corrected chi connectivity index (χ1v) is 5.74. The summed E-state index contributed by atoms with van der Waals surface area (Å²) in [7, 11) is -4.20. The van der Waals surface area contributed by atoms with Crippen molar-refractivity contribution in [3.05, 3.63) is 35.6 Å². The van der Waals surface area contributed by atoms with Crippen molar-refractivity contribution >= 4 is 7.60 Å². The molecular weight excluding hydrogens is 208 g/mol. The summed E-state index contributed by atoms with van der Waals surface area (Å²) >= 11 is 0. The molecule has 0 fully saturated rings. The van der Waals surface area contributed by atoms with Crippen molar-refractivity contribution in [3.63, 3.8) is 0 Å². The van der Waals surface area contributed by atoms with Crippen LogP contribution in [0.1, 0.15) is 11.6 Å². The van der Waals surface area contributed by atoms with Crippen molar-refractivity contribution in [2.24, 2.45) is 5.73 Å². The highest BCUT2D eigenvalue weighted by atomic mass is 31.2. The van der Waals surface area contributed by atoms with Crippen LogP contribution in [0.5, 0.6) is 0 Å². The smallest absolute Gasteiger partial charge is 0.324 e. The van der Waals surface area contributed by atoms with Gasteiger partial charge in [-0.2, -0.15) is 0 Å². The van der Waals surface area contributed by atoms with Crippen molar-refractivity contribution in [1.29, 1.82) is 0 Å². The molecule has 78 valence electrons. The highest BCUT2D eigenvalue weighted by Gasteiger charge is 2.21. The fourth-order valence-corrected chi connectivity index (χ4v) is 1.84. The Balaban J connectivity index is 2.85. The normalized spacial score (nSPS) is 14.0. The topological polar surface area (TPSA) is 83.6 Å².